The topological polar surface area (TPSA) is 25.0 Å². The Hall–Kier alpha value is -1.32. The summed E-state index contributed by atoms with van der Waals surface area (Å²) in [6.45, 7) is 21.7. The molecule has 2 aromatic rings. The van der Waals surface area contributed by atoms with Crippen LogP contribution in [-0.2, 0) is 4.43 Å². The molecule has 3 heteroatoms. The molecule has 2 aliphatic rings. The normalized spacial score (nSPS) is 23.7. The van der Waals surface area contributed by atoms with Crippen LogP contribution in [0, 0.1) is 5.41 Å². The number of allylic oxidation sites excluding steroid dienone is 1. The Balaban J connectivity index is 1.90. The number of hydrogen-bond donors (Lipinski definition) is 1. The van der Waals surface area contributed by atoms with E-state index in [0.717, 1.165) is 0 Å². The van der Waals surface area contributed by atoms with E-state index < -0.39 is 8.32 Å². The quantitative estimate of drug-likeness (QED) is 0.480. The van der Waals surface area contributed by atoms with Crippen molar-refractivity contribution in [2.24, 2.45) is 5.41 Å². The molecule has 2 aliphatic carbocycles. The second-order valence-electron chi connectivity index (χ2n) is 11.4. The summed E-state index contributed by atoms with van der Waals surface area (Å²) in [6, 6.07) is 8.85. The average molecular weight is 424 g/mol. The van der Waals surface area contributed by atoms with Crippen LogP contribution in [0.3, 0.4) is 0 Å². The molecule has 1 aromatic carbocycles. The molecule has 1 saturated carbocycles. The summed E-state index contributed by atoms with van der Waals surface area (Å²) < 4.78 is 7.61. The minimum Gasteiger partial charge on any atom is -0.412 e. The number of aromatic amines is 1. The number of rotatable bonds is 5. The molecule has 164 valence electrons. The number of fused-ring (bicyclic) bond motifs is 5. The summed E-state index contributed by atoms with van der Waals surface area (Å²) in [5.41, 5.74) is 9.23. The molecular weight excluding hydrogens is 382 g/mol. The fourth-order valence-corrected chi connectivity index (χ4v) is 12.6. The van der Waals surface area contributed by atoms with E-state index in [1.54, 1.807) is 5.57 Å². The van der Waals surface area contributed by atoms with Crippen molar-refractivity contribution in [2.75, 3.05) is 0 Å². The van der Waals surface area contributed by atoms with E-state index in [1.165, 1.54) is 40.6 Å². The lowest BCUT2D eigenvalue weighted by atomic mass is 9.66. The summed E-state index contributed by atoms with van der Waals surface area (Å²) in [4.78, 5) is 3.76. The molecule has 0 aliphatic heterocycles. The Morgan fingerprint density at radius 1 is 1.00 bits per heavy atom. The van der Waals surface area contributed by atoms with Gasteiger partial charge in [0.05, 0.1) is 6.10 Å². The molecule has 1 aromatic heterocycles. The van der Waals surface area contributed by atoms with Gasteiger partial charge in [-0.1, -0.05) is 79.2 Å². The molecule has 0 amide bonds. The lowest BCUT2D eigenvalue weighted by molar-refractivity contribution is 0.0225. The van der Waals surface area contributed by atoms with Crippen molar-refractivity contribution in [3.63, 3.8) is 0 Å². The van der Waals surface area contributed by atoms with Gasteiger partial charge >= 0.3 is 0 Å². The number of nitrogens with one attached hydrogen (secondary N) is 1. The summed E-state index contributed by atoms with van der Waals surface area (Å²) in [5.74, 6) is 0.392. The highest BCUT2D eigenvalue weighted by atomic mass is 28.4. The molecule has 1 fully saturated rings. The van der Waals surface area contributed by atoms with Crippen LogP contribution in [0.2, 0.25) is 16.6 Å². The molecule has 0 radical (unpaired) electrons. The molecule has 1 N–H and O–H groups in total. The third kappa shape index (κ3) is 2.99. The van der Waals surface area contributed by atoms with Gasteiger partial charge in [0.1, 0.15) is 0 Å². The van der Waals surface area contributed by atoms with Gasteiger partial charge < -0.3 is 9.41 Å². The van der Waals surface area contributed by atoms with Gasteiger partial charge in [-0.05, 0) is 59.0 Å². The zero-order chi connectivity index (χ0) is 22.0. The molecule has 2 nitrogen and oxygen atoms in total. The van der Waals surface area contributed by atoms with E-state index in [1.807, 2.05) is 0 Å². The summed E-state index contributed by atoms with van der Waals surface area (Å²) >= 11 is 0. The number of benzene rings is 1. The van der Waals surface area contributed by atoms with Crippen molar-refractivity contribution < 1.29 is 4.43 Å². The summed E-state index contributed by atoms with van der Waals surface area (Å²) in [5, 5.41) is 1.39. The van der Waals surface area contributed by atoms with E-state index in [-0.39, 0.29) is 11.5 Å². The molecule has 2 atom stereocenters. The minimum absolute atomic E-state index is 0.172. The van der Waals surface area contributed by atoms with Crippen LogP contribution in [0.1, 0.15) is 92.3 Å². The monoisotopic (exact) mass is 423 g/mol. The van der Waals surface area contributed by atoms with E-state index >= 15 is 0 Å². The van der Waals surface area contributed by atoms with Crippen molar-refractivity contribution in [1.29, 1.82) is 0 Å². The fourth-order valence-electron chi connectivity index (χ4n) is 6.93. The van der Waals surface area contributed by atoms with Crippen LogP contribution in [0.15, 0.2) is 29.8 Å². The fraction of sp³-hybridized carbons (Fsp3) is 0.630. The highest BCUT2D eigenvalue weighted by molar-refractivity contribution is 6.77. The first kappa shape index (κ1) is 21.9. The second kappa shape index (κ2) is 7.38. The summed E-state index contributed by atoms with van der Waals surface area (Å²) in [7, 11) is -1.99. The highest BCUT2D eigenvalue weighted by Crippen LogP contribution is 2.59. The van der Waals surface area contributed by atoms with Gasteiger partial charge in [-0.25, -0.2) is 0 Å². The maximum Gasteiger partial charge on any atom is 0.200 e. The van der Waals surface area contributed by atoms with Crippen LogP contribution < -0.4 is 0 Å². The maximum absolute atomic E-state index is 7.61. The second-order valence-corrected chi connectivity index (χ2v) is 16.8. The molecule has 30 heavy (non-hydrogen) atoms. The van der Waals surface area contributed by atoms with Crippen LogP contribution in [-0.4, -0.2) is 19.4 Å². The zero-order valence-corrected chi connectivity index (χ0v) is 21.5. The van der Waals surface area contributed by atoms with E-state index in [0.29, 0.717) is 22.5 Å². The first-order chi connectivity index (χ1) is 14.0. The van der Waals surface area contributed by atoms with Crippen molar-refractivity contribution >= 4 is 24.8 Å². The first-order valence-electron chi connectivity index (χ1n) is 12.0. The van der Waals surface area contributed by atoms with Crippen LogP contribution >= 0.6 is 0 Å². The third-order valence-corrected chi connectivity index (χ3v) is 14.5. The largest absolute Gasteiger partial charge is 0.412 e. The van der Waals surface area contributed by atoms with Gasteiger partial charge in [-0.3, -0.25) is 0 Å². The van der Waals surface area contributed by atoms with E-state index in [4.69, 9.17) is 4.43 Å². The SMILES string of the molecule is CC1=C2CCC(C)(C)[C@H](O[Si](C(C)C)(C(C)C)C(C)C)[C@H]2c2c1[nH]c1ccccc21. The minimum atomic E-state index is -1.99. The number of aromatic nitrogens is 1. The van der Waals surface area contributed by atoms with Crippen LogP contribution in [0.5, 0.6) is 0 Å². The standard InChI is InChI=1S/C27H41NOSi/c1-16(2)30(17(3)4,18(5)6)29-26-24-20(14-15-27(26,8)9)19(7)25-23(24)21-12-10-11-13-22(21)28-25/h10-13,16-18,24,26,28H,14-15H2,1-9H3/t24-,26-/m1/s1. The maximum atomic E-state index is 7.61. The predicted molar refractivity (Wildman–Crippen MR) is 133 cm³/mol. The van der Waals surface area contributed by atoms with E-state index in [9.17, 15) is 0 Å². The molecular formula is C27H41NOSi. The van der Waals surface area contributed by atoms with Gasteiger partial charge in [0.15, 0.2) is 0 Å². The van der Waals surface area contributed by atoms with Crippen LogP contribution in [0.4, 0.5) is 0 Å². The Morgan fingerprint density at radius 2 is 1.60 bits per heavy atom. The Morgan fingerprint density at radius 3 is 2.20 bits per heavy atom. The average Bonchev–Trinajstić information content (AvgIpc) is 3.15. The van der Waals surface area contributed by atoms with Crippen molar-refractivity contribution in [3.05, 3.63) is 41.1 Å². The Kier molecular flexibility index (Phi) is 5.38. The molecule has 0 unspecified atom stereocenters. The Labute approximate surface area is 184 Å². The van der Waals surface area contributed by atoms with Crippen molar-refractivity contribution in [1.82, 2.24) is 4.98 Å². The van der Waals surface area contributed by atoms with Gasteiger partial charge in [0, 0.05) is 22.5 Å². The van der Waals surface area contributed by atoms with Gasteiger partial charge in [-0.2, -0.15) is 0 Å². The summed E-state index contributed by atoms with van der Waals surface area (Å²) in [6.07, 6.45) is 2.65. The Bertz CT molecular complexity index is 956. The lowest BCUT2D eigenvalue weighted by Gasteiger charge is -2.52. The molecule has 1 heterocycles. The number of hydrogen-bond acceptors (Lipinski definition) is 1. The molecule has 0 spiro atoms. The van der Waals surface area contributed by atoms with E-state index in [2.05, 4.69) is 91.6 Å². The first-order valence-corrected chi connectivity index (χ1v) is 14.1. The van der Waals surface area contributed by atoms with Crippen molar-refractivity contribution in [2.45, 2.75) is 104 Å². The molecule has 0 saturated heterocycles. The predicted octanol–water partition coefficient (Wildman–Crippen LogP) is 8.42. The lowest BCUT2D eigenvalue weighted by Crippen LogP contribution is -2.55. The number of para-hydroxylation sites is 1. The highest BCUT2D eigenvalue weighted by Gasteiger charge is 2.54. The van der Waals surface area contributed by atoms with Gasteiger partial charge in [0.25, 0.3) is 0 Å². The number of H-pyrrole nitrogens is 1. The van der Waals surface area contributed by atoms with Gasteiger partial charge in [0.2, 0.25) is 8.32 Å². The smallest absolute Gasteiger partial charge is 0.200 e. The van der Waals surface area contributed by atoms with Gasteiger partial charge in [-0.15, -0.1) is 0 Å². The van der Waals surface area contributed by atoms with Crippen LogP contribution in [0.25, 0.3) is 16.5 Å². The van der Waals surface area contributed by atoms with Crippen molar-refractivity contribution in [3.8, 4) is 0 Å². The molecule has 0 bridgehead atoms. The molecule has 4 rings (SSSR count). The zero-order valence-electron chi connectivity index (χ0n) is 20.5. The third-order valence-electron chi connectivity index (χ3n) is 8.44.